The van der Waals surface area contributed by atoms with Crippen molar-refractivity contribution in [2.24, 2.45) is 0 Å². The molecule has 204 valence electrons. The van der Waals surface area contributed by atoms with Crippen molar-refractivity contribution in [1.29, 1.82) is 0 Å². The van der Waals surface area contributed by atoms with Crippen LogP contribution in [0.3, 0.4) is 0 Å². The first-order valence-corrected chi connectivity index (χ1v) is 13.2. The third-order valence-corrected chi connectivity index (χ3v) is 7.64. The van der Waals surface area contributed by atoms with Crippen LogP contribution in [0.2, 0.25) is 0 Å². The zero-order valence-electron chi connectivity index (χ0n) is 19.7. The fraction of sp³-hybridized carbons (Fsp3) is 0.364. The average molecular weight is 626 g/mol. The van der Waals surface area contributed by atoms with Crippen LogP contribution in [0.5, 0.6) is 0 Å². The second-order valence-electron chi connectivity index (χ2n) is 7.25. The van der Waals surface area contributed by atoms with E-state index in [1.165, 1.54) is 0 Å². The third-order valence-electron chi connectivity index (χ3n) is 4.48. The minimum atomic E-state index is -5.31. The van der Waals surface area contributed by atoms with E-state index in [4.69, 9.17) is 0 Å². The summed E-state index contributed by atoms with van der Waals surface area (Å²) < 4.78 is 121. The number of hydrogen-bond acceptors (Lipinski definition) is 4. The number of rotatable bonds is 10. The van der Waals surface area contributed by atoms with E-state index in [1.807, 2.05) is 0 Å². The first-order valence-electron chi connectivity index (χ1n) is 10.4. The maximum absolute atomic E-state index is 12.5. The van der Waals surface area contributed by atoms with E-state index in [0.29, 0.717) is 19.7 Å². The Hall–Kier alpha value is -1.54. The summed E-state index contributed by atoms with van der Waals surface area (Å²) in [5.74, 6) is 0. The van der Waals surface area contributed by atoms with Gasteiger partial charge in [-0.15, -0.1) is 0 Å². The van der Waals surface area contributed by atoms with E-state index in [9.17, 15) is 43.2 Å². The standard InChI is InChI=1S/2C11H13F3NO2S.Zn/c2*1-2-8-15(18(16,17)11(12,13)14)9-10-6-4-3-5-7-10;/h2*3-7H,1-2,8-9H2;/q2*-1;+2. The molecule has 0 saturated carbocycles. The Labute approximate surface area is 226 Å². The van der Waals surface area contributed by atoms with Crippen molar-refractivity contribution in [1.82, 2.24) is 8.61 Å². The van der Waals surface area contributed by atoms with Gasteiger partial charge in [0.05, 0.1) is 0 Å². The smallest absolute Gasteiger partial charge is 0.342 e. The van der Waals surface area contributed by atoms with Crippen molar-refractivity contribution >= 4 is 20.0 Å². The van der Waals surface area contributed by atoms with E-state index in [0.717, 1.165) is 0 Å². The molecule has 0 aliphatic rings. The Morgan fingerprint density at radius 2 is 0.865 bits per heavy atom. The van der Waals surface area contributed by atoms with Crippen molar-refractivity contribution in [2.45, 2.75) is 36.9 Å². The molecule has 0 radical (unpaired) electrons. The van der Waals surface area contributed by atoms with Crippen LogP contribution in [0.15, 0.2) is 60.7 Å². The summed E-state index contributed by atoms with van der Waals surface area (Å²) in [5.41, 5.74) is -9.56. The van der Waals surface area contributed by atoms with Gasteiger partial charge in [0, 0.05) is 13.1 Å². The molecule has 2 aromatic rings. The minimum Gasteiger partial charge on any atom is -0.342 e. The van der Waals surface area contributed by atoms with Crippen LogP contribution in [-0.2, 0) is 52.6 Å². The Bertz CT molecular complexity index is 1040. The molecule has 2 aromatic carbocycles. The van der Waals surface area contributed by atoms with E-state index in [1.54, 1.807) is 60.7 Å². The zero-order valence-corrected chi connectivity index (χ0v) is 24.3. The van der Waals surface area contributed by atoms with Crippen molar-refractivity contribution in [3.8, 4) is 0 Å². The SMILES string of the molecule is [CH2-]CCN(Cc1ccccc1)S(=O)(=O)C(F)(F)F.[CH2-]CCN(Cc1ccccc1)S(=O)(=O)C(F)(F)F.[Zn+2]. The minimum absolute atomic E-state index is 0. The van der Waals surface area contributed by atoms with Crippen LogP contribution < -0.4 is 0 Å². The summed E-state index contributed by atoms with van der Waals surface area (Å²) in [5, 5.41) is 0. The van der Waals surface area contributed by atoms with Crippen LogP contribution in [0.25, 0.3) is 0 Å². The number of hydrogen-bond donors (Lipinski definition) is 0. The molecule has 0 aliphatic heterocycles. The molecule has 0 saturated heterocycles. The molecule has 0 atom stereocenters. The van der Waals surface area contributed by atoms with E-state index in [2.05, 4.69) is 13.8 Å². The summed E-state index contributed by atoms with van der Waals surface area (Å²) in [4.78, 5) is 0. The monoisotopic (exact) mass is 624 g/mol. The maximum atomic E-state index is 12.5. The topological polar surface area (TPSA) is 74.8 Å². The molecular weight excluding hydrogens is 600 g/mol. The maximum Gasteiger partial charge on any atom is 2.00 e. The van der Waals surface area contributed by atoms with Crippen LogP contribution in [0.1, 0.15) is 24.0 Å². The van der Waals surface area contributed by atoms with Gasteiger partial charge >= 0.3 is 50.5 Å². The van der Waals surface area contributed by atoms with Gasteiger partial charge in [0.1, 0.15) is 0 Å². The molecule has 2 rings (SSSR count). The van der Waals surface area contributed by atoms with Gasteiger partial charge in [-0.05, 0) is 24.2 Å². The Balaban J connectivity index is 0.000000682. The molecule has 0 fully saturated rings. The molecule has 0 unspecified atom stereocenters. The molecule has 0 spiro atoms. The van der Waals surface area contributed by atoms with E-state index >= 15 is 0 Å². The predicted octanol–water partition coefficient (Wildman–Crippen LogP) is 5.12. The predicted molar refractivity (Wildman–Crippen MR) is 124 cm³/mol. The van der Waals surface area contributed by atoms with Crippen LogP contribution >= 0.6 is 0 Å². The van der Waals surface area contributed by atoms with Crippen LogP contribution in [0.4, 0.5) is 26.3 Å². The second-order valence-corrected chi connectivity index (χ2v) is 11.1. The third kappa shape index (κ3) is 10.6. The van der Waals surface area contributed by atoms with Crippen molar-refractivity contribution < 1.29 is 62.7 Å². The van der Waals surface area contributed by atoms with Gasteiger partial charge < -0.3 is 13.8 Å². The van der Waals surface area contributed by atoms with Crippen LogP contribution in [-0.4, -0.2) is 49.6 Å². The molecule has 0 aliphatic carbocycles. The van der Waals surface area contributed by atoms with Gasteiger partial charge in [-0.2, -0.15) is 47.8 Å². The number of sulfonamides is 2. The van der Waals surface area contributed by atoms with Crippen molar-refractivity contribution in [3.05, 3.63) is 85.6 Å². The van der Waals surface area contributed by atoms with Gasteiger partial charge in [-0.1, -0.05) is 60.7 Å². The van der Waals surface area contributed by atoms with Crippen molar-refractivity contribution in [3.63, 3.8) is 0 Å². The molecule has 0 amide bonds. The summed E-state index contributed by atoms with van der Waals surface area (Å²) in [7, 11) is -10.6. The Morgan fingerprint density at radius 3 is 1.08 bits per heavy atom. The summed E-state index contributed by atoms with van der Waals surface area (Å²) in [6, 6.07) is 16.2. The van der Waals surface area contributed by atoms with Gasteiger partial charge in [-0.25, -0.2) is 16.8 Å². The molecule has 0 N–H and O–H groups in total. The molecule has 6 nitrogen and oxygen atoms in total. The summed E-state index contributed by atoms with van der Waals surface area (Å²) in [6.07, 6.45) is 0.143. The fourth-order valence-electron chi connectivity index (χ4n) is 2.79. The number of benzene rings is 2. The van der Waals surface area contributed by atoms with Crippen molar-refractivity contribution in [2.75, 3.05) is 13.1 Å². The van der Waals surface area contributed by atoms with Gasteiger partial charge in [-0.3, -0.25) is 0 Å². The van der Waals surface area contributed by atoms with Gasteiger partial charge in [0.2, 0.25) is 0 Å². The van der Waals surface area contributed by atoms with Gasteiger partial charge in [0.15, 0.2) is 0 Å². The molecule has 0 bridgehead atoms. The first-order chi connectivity index (χ1) is 16.6. The Morgan fingerprint density at radius 1 is 0.595 bits per heavy atom. The summed E-state index contributed by atoms with van der Waals surface area (Å²) >= 11 is 0. The molecular formula is C22H26F6N2O4S2Zn. The second kappa shape index (κ2) is 15.2. The fourth-order valence-corrected chi connectivity index (χ4v) is 4.75. The first kappa shape index (κ1) is 35.5. The largest absolute Gasteiger partial charge is 2.00 e. The van der Waals surface area contributed by atoms with Crippen LogP contribution in [0, 0.1) is 13.8 Å². The molecule has 0 aromatic heterocycles. The molecule has 15 heteroatoms. The molecule has 37 heavy (non-hydrogen) atoms. The zero-order chi connectivity index (χ0) is 27.6. The summed E-state index contributed by atoms with van der Waals surface area (Å²) in [6.45, 7) is 5.63. The average Bonchev–Trinajstić information content (AvgIpc) is 2.79. The Kier molecular flexibility index (Phi) is 14.5. The number of nitrogens with zero attached hydrogens (tertiary/aromatic N) is 2. The van der Waals surface area contributed by atoms with E-state index in [-0.39, 0.29) is 58.5 Å². The quantitative estimate of drug-likeness (QED) is 0.209. The number of alkyl halides is 6. The normalized spacial score (nSPS) is 12.6. The van der Waals surface area contributed by atoms with Gasteiger partial charge in [0.25, 0.3) is 0 Å². The molecule has 0 heterocycles. The number of halogens is 6. The van der Waals surface area contributed by atoms with E-state index < -0.39 is 31.1 Å².